The molecule has 2 fully saturated rings. The highest BCUT2D eigenvalue weighted by Gasteiger charge is 2.34. The van der Waals surface area contributed by atoms with Crippen molar-refractivity contribution in [2.45, 2.75) is 43.8 Å². The minimum atomic E-state index is -4.43. The number of hydrogen-bond donors (Lipinski definition) is 1. The summed E-state index contributed by atoms with van der Waals surface area (Å²) in [5, 5.41) is 2.27. The second-order valence-corrected chi connectivity index (χ2v) is 8.91. The molecule has 3 aromatic heterocycles. The fraction of sp³-hybridized carbons (Fsp3) is 0.524. The molecular formula is C21H23F3N4OS. The van der Waals surface area contributed by atoms with Crippen LogP contribution in [0.15, 0.2) is 23.8 Å². The molecule has 0 unspecified atom stereocenters. The number of fused-ring (bicyclic) bond motifs is 1. The van der Waals surface area contributed by atoms with E-state index < -0.39 is 11.9 Å². The summed E-state index contributed by atoms with van der Waals surface area (Å²) in [5.41, 5.74) is 1.68. The van der Waals surface area contributed by atoms with Gasteiger partial charge in [-0.15, -0.1) is 11.3 Å². The summed E-state index contributed by atoms with van der Waals surface area (Å²) in [5.74, 6) is 0.434. The highest BCUT2D eigenvalue weighted by atomic mass is 32.1. The second kappa shape index (κ2) is 7.94. The van der Waals surface area contributed by atoms with Crippen molar-refractivity contribution in [2.75, 3.05) is 26.3 Å². The van der Waals surface area contributed by atoms with Gasteiger partial charge in [0.1, 0.15) is 10.7 Å². The smallest absolute Gasteiger partial charge is 0.379 e. The van der Waals surface area contributed by atoms with Gasteiger partial charge in [0, 0.05) is 47.9 Å². The van der Waals surface area contributed by atoms with Crippen LogP contribution >= 0.6 is 11.3 Å². The van der Waals surface area contributed by atoms with Gasteiger partial charge in [0.05, 0.1) is 13.2 Å². The summed E-state index contributed by atoms with van der Waals surface area (Å²) in [6.07, 6.45) is 3.70. The molecule has 2 aliphatic rings. The van der Waals surface area contributed by atoms with Crippen LogP contribution in [0.1, 0.15) is 42.9 Å². The van der Waals surface area contributed by atoms with Gasteiger partial charge in [-0.1, -0.05) is 0 Å². The van der Waals surface area contributed by atoms with Crippen molar-refractivity contribution >= 4 is 22.4 Å². The molecule has 5 rings (SSSR count). The maximum atomic E-state index is 12.9. The molecule has 1 aliphatic carbocycles. The Morgan fingerprint density at radius 2 is 1.90 bits per heavy atom. The van der Waals surface area contributed by atoms with Crippen LogP contribution in [-0.2, 0) is 10.9 Å². The third-order valence-corrected chi connectivity index (χ3v) is 7.18. The van der Waals surface area contributed by atoms with Gasteiger partial charge in [0.2, 0.25) is 0 Å². The number of rotatable bonds is 3. The van der Waals surface area contributed by atoms with Crippen molar-refractivity contribution in [3.05, 3.63) is 35.1 Å². The van der Waals surface area contributed by atoms with Gasteiger partial charge in [-0.3, -0.25) is 4.90 Å². The van der Waals surface area contributed by atoms with Crippen molar-refractivity contribution in [1.29, 1.82) is 0 Å². The molecule has 1 saturated carbocycles. The molecule has 1 aliphatic heterocycles. The van der Waals surface area contributed by atoms with Gasteiger partial charge >= 0.3 is 6.18 Å². The standard InChI is InChI=1S/C21H23F3N4OS/c22-21(23,24)18-12-30-20(27-18)17-11-26-19-16(17)9-14(10-25-19)13-1-3-15(4-2-13)28-5-7-29-8-6-28/h9-13,15H,1-8H2,(H,25,26)/t13-,15+. The number of pyridine rings is 1. The molecule has 1 N–H and O–H groups in total. The molecular weight excluding hydrogens is 413 g/mol. The molecule has 0 aromatic carbocycles. The van der Waals surface area contributed by atoms with Crippen molar-refractivity contribution in [3.63, 3.8) is 0 Å². The van der Waals surface area contributed by atoms with Gasteiger partial charge in [-0.25, -0.2) is 9.97 Å². The van der Waals surface area contributed by atoms with E-state index in [9.17, 15) is 13.2 Å². The largest absolute Gasteiger partial charge is 0.434 e. The summed E-state index contributed by atoms with van der Waals surface area (Å²) < 4.78 is 44.3. The Labute approximate surface area is 176 Å². The molecule has 3 aromatic rings. The van der Waals surface area contributed by atoms with Crippen LogP contribution in [0.5, 0.6) is 0 Å². The topological polar surface area (TPSA) is 54.0 Å². The molecule has 0 spiro atoms. The van der Waals surface area contributed by atoms with E-state index in [-0.39, 0.29) is 0 Å². The lowest BCUT2D eigenvalue weighted by molar-refractivity contribution is -0.140. The van der Waals surface area contributed by atoms with E-state index in [1.807, 2.05) is 6.20 Å². The highest BCUT2D eigenvalue weighted by molar-refractivity contribution is 7.13. The first-order chi connectivity index (χ1) is 14.5. The zero-order valence-electron chi connectivity index (χ0n) is 16.4. The van der Waals surface area contributed by atoms with E-state index in [2.05, 4.69) is 25.9 Å². The number of H-pyrrole nitrogens is 1. The summed E-state index contributed by atoms with van der Waals surface area (Å²) in [6.45, 7) is 3.68. The van der Waals surface area contributed by atoms with E-state index in [0.717, 1.165) is 79.7 Å². The number of nitrogens with zero attached hydrogens (tertiary/aromatic N) is 3. The maximum Gasteiger partial charge on any atom is 0.434 e. The molecule has 4 heterocycles. The van der Waals surface area contributed by atoms with E-state index in [1.54, 1.807) is 6.20 Å². The summed E-state index contributed by atoms with van der Waals surface area (Å²) in [7, 11) is 0. The molecule has 5 nitrogen and oxygen atoms in total. The fourth-order valence-corrected chi connectivity index (χ4v) is 5.52. The number of aromatic nitrogens is 3. The number of thiazole rings is 1. The van der Waals surface area contributed by atoms with Crippen molar-refractivity contribution in [3.8, 4) is 10.6 Å². The van der Waals surface area contributed by atoms with E-state index >= 15 is 0 Å². The number of aromatic amines is 1. The van der Waals surface area contributed by atoms with Gasteiger partial charge in [0.25, 0.3) is 0 Å². The first kappa shape index (κ1) is 20.0. The van der Waals surface area contributed by atoms with Crippen LogP contribution in [0.4, 0.5) is 13.2 Å². The predicted molar refractivity (Wildman–Crippen MR) is 110 cm³/mol. The maximum absolute atomic E-state index is 12.9. The first-order valence-corrected chi connectivity index (χ1v) is 11.2. The van der Waals surface area contributed by atoms with E-state index in [1.165, 1.54) is 0 Å². The third kappa shape index (κ3) is 3.86. The van der Waals surface area contributed by atoms with Gasteiger partial charge < -0.3 is 9.72 Å². The Morgan fingerprint density at radius 1 is 1.13 bits per heavy atom. The van der Waals surface area contributed by atoms with Crippen LogP contribution in [0.2, 0.25) is 0 Å². The Hall–Kier alpha value is -1.97. The lowest BCUT2D eigenvalue weighted by atomic mass is 9.81. The average molecular weight is 437 g/mol. The van der Waals surface area contributed by atoms with Crippen LogP contribution in [-0.4, -0.2) is 52.2 Å². The third-order valence-electron chi connectivity index (χ3n) is 6.31. The van der Waals surface area contributed by atoms with Crippen LogP contribution in [0.3, 0.4) is 0 Å². The van der Waals surface area contributed by atoms with E-state index in [0.29, 0.717) is 28.2 Å². The van der Waals surface area contributed by atoms with Crippen LogP contribution < -0.4 is 0 Å². The number of hydrogen-bond acceptors (Lipinski definition) is 5. The minimum absolute atomic E-state index is 0.364. The Morgan fingerprint density at radius 3 is 2.60 bits per heavy atom. The van der Waals surface area contributed by atoms with Crippen LogP contribution in [0, 0.1) is 0 Å². The van der Waals surface area contributed by atoms with Crippen molar-refractivity contribution in [1.82, 2.24) is 19.9 Å². The lowest BCUT2D eigenvalue weighted by Gasteiger charge is -2.38. The number of alkyl halides is 3. The lowest BCUT2D eigenvalue weighted by Crippen LogP contribution is -2.44. The molecule has 1 saturated heterocycles. The number of nitrogens with one attached hydrogen (secondary N) is 1. The molecule has 160 valence electrons. The fourth-order valence-electron chi connectivity index (χ4n) is 4.66. The molecule has 0 bridgehead atoms. The quantitative estimate of drug-likeness (QED) is 0.623. The van der Waals surface area contributed by atoms with Gasteiger partial charge in [0.15, 0.2) is 5.69 Å². The molecule has 0 radical (unpaired) electrons. The zero-order valence-corrected chi connectivity index (χ0v) is 17.2. The number of ether oxygens (including phenoxy) is 1. The highest BCUT2D eigenvalue weighted by Crippen LogP contribution is 2.39. The van der Waals surface area contributed by atoms with Crippen molar-refractivity contribution in [2.24, 2.45) is 0 Å². The summed E-state index contributed by atoms with van der Waals surface area (Å²) >= 11 is 1.01. The normalized spacial score (nSPS) is 23.8. The van der Waals surface area contributed by atoms with Crippen LogP contribution in [0.25, 0.3) is 21.6 Å². The summed E-state index contributed by atoms with van der Waals surface area (Å²) in [4.78, 5) is 14.0. The monoisotopic (exact) mass is 436 g/mol. The number of morpholine rings is 1. The zero-order chi connectivity index (χ0) is 20.7. The number of halogens is 3. The Bertz CT molecular complexity index is 1020. The van der Waals surface area contributed by atoms with Crippen molar-refractivity contribution < 1.29 is 17.9 Å². The predicted octanol–water partition coefficient (Wildman–Crippen LogP) is 5.06. The summed E-state index contributed by atoms with van der Waals surface area (Å²) in [6, 6.07) is 2.71. The minimum Gasteiger partial charge on any atom is -0.379 e. The van der Waals surface area contributed by atoms with E-state index in [4.69, 9.17) is 4.74 Å². The molecule has 9 heteroatoms. The first-order valence-electron chi connectivity index (χ1n) is 10.3. The second-order valence-electron chi connectivity index (χ2n) is 8.06. The SMILES string of the molecule is FC(F)(F)c1csc(-c2c[nH]c3ncc([C@H]4CC[C@@H](N5CCOCC5)CC4)cc23)n1. The Balaban J connectivity index is 1.35. The van der Waals surface area contributed by atoms with Gasteiger partial charge in [-0.05, 0) is 43.2 Å². The van der Waals surface area contributed by atoms with Gasteiger partial charge in [-0.2, -0.15) is 13.2 Å². The Kier molecular flexibility index (Phi) is 5.28. The average Bonchev–Trinajstić information content (AvgIpc) is 3.41. The molecule has 0 atom stereocenters. The molecule has 0 amide bonds. The molecule has 30 heavy (non-hydrogen) atoms.